The average molecular weight is 164 g/mol. The first-order valence-corrected chi connectivity index (χ1v) is 3.66. The number of amides is 1. The van der Waals surface area contributed by atoms with Crippen molar-refractivity contribution in [2.45, 2.75) is 13.8 Å². The van der Waals surface area contributed by atoms with Gasteiger partial charge < -0.3 is 10.3 Å². The van der Waals surface area contributed by atoms with Gasteiger partial charge in [0.25, 0.3) is 11.7 Å². The van der Waals surface area contributed by atoms with Gasteiger partial charge >= 0.3 is 0 Å². The summed E-state index contributed by atoms with van der Waals surface area (Å²) in [6.45, 7) is 3.73. The minimum absolute atomic E-state index is 0.398. The van der Waals surface area contributed by atoms with E-state index in [1.54, 1.807) is 0 Å². The van der Waals surface area contributed by atoms with Gasteiger partial charge in [0.1, 0.15) is 5.69 Å². The van der Waals surface area contributed by atoms with Crippen molar-refractivity contribution < 1.29 is 9.59 Å². The monoisotopic (exact) mass is 164 g/mol. The number of hydrogen-bond donors (Lipinski definition) is 2. The molecule has 62 valence electrons. The second kappa shape index (κ2) is 1.97. The lowest BCUT2D eigenvalue weighted by molar-refractivity contribution is -0.112. The number of rotatable bonds is 0. The van der Waals surface area contributed by atoms with E-state index in [1.165, 1.54) is 0 Å². The maximum absolute atomic E-state index is 11.1. The third-order valence-electron chi connectivity index (χ3n) is 2.17. The molecule has 4 nitrogen and oxygen atoms in total. The Kier molecular flexibility index (Phi) is 1.16. The van der Waals surface area contributed by atoms with E-state index in [0.29, 0.717) is 11.4 Å². The van der Waals surface area contributed by atoms with Crippen molar-refractivity contribution in [1.82, 2.24) is 4.98 Å². The van der Waals surface area contributed by atoms with Gasteiger partial charge in [-0.3, -0.25) is 9.59 Å². The molecule has 0 saturated heterocycles. The van der Waals surface area contributed by atoms with Gasteiger partial charge in [-0.15, -0.1) is 0 Å². The molecule has 2 N–H and O–H groups in total. The summed E-state index contributed by atoms with van der Waals surface area (Å²) >= 11 is 0. The molecule has 0 aliphatic carbocycles. The number of nitrogens with one attached hydrogen (secondary N) is 2. The first kappa shape index (κ1) is 7.09. The molecule has 0 atom stereocenters. The van der Waals surface area contributed by atoms with Crippen LogP contribution in [0.3, 0.4) is 0 Å². The standard InChI is InChI=1S/C8H8N2O2/c1-3-4(2)9-6-5(3)10-8(12)7(6)11/h9H,1-2H3,(H,10,11,12). The molecule has 2 heterocycles. The number of H-pyrrole nitrogens is 1. The molecule has 1 amide bonds. The second-order valence-corrected chi connectivity index (χ2v) is 2.91. The molecule has 2 rings (SSSR count). The van der Waals surface area contributed by atoms with Gasteiger partial charge in [-0.2, -0.15) is 0 Å². The number of aromatic amines is 1. The van der Waals surface area contributed by atoms with Crippen molar-refractivity contribution in [3.05, 3.63) is 17.0 Å². The molecule has 1 aromatic heterocycles. The number of fused-ring (bicyclic) bond motifs is 1. The van der Waals surface area contributed by atoms with Crippen LogP contribution >= 0.6 is 0 Å². The maximum Gasteiger partial charge on any atom is 0.298 e. The highest BCUT2D eigenvalue weighted by Gasteiger charge is 2.31. The Bertz CT molecular complexity index is 390. The maximum atomic E-state index is 11.1. The lowest BCUT2D eigenvalue weighted by Crippen LogP contribution is -2.14. The van der Waals surface area contributed by atoms with Crippen molar-refractivity contribution in [3.8, 4) is 0 Å². The molecular weight excluding hydrogens is 156 g/mol. The van der Waals surface area contributed by atoms with Crippen LogP contribution in [-0.4, -0.2) is 16.7 Å². The van der Waals surface area contributed by atoms with Crippen molar-refractivity contribution in [2.24, 2.45) is 0 Å². The van der Waals surface area contributed by atoms with Crippen LogP contribution in [0, 0.1) is 13.8 Å². The fourth-order valence-electron chi connectivity index (χ4n) is 1.33. The number of aromatic nitrogens is 1. The SMILES string of the molecule is Cc1[nH]c2c(c1C)NC(=O)C2=O. The highest BCUT2D eigenvalue weighted by molar-refractivity contribution is 6.51. The van der Waals surface area contributed by atoms with Crippen LogP contribution in [0.5, 0.6) is 0 Å². The topological polar surface area (TPSA) is 62.0 Å². The number of carbonyl (C=O) groups excluding carboxylic acids is 2. The first-order chi connectivity index (χ1) is 5.61. The molecule has 0 saturated carbocycles. The van der Waals surface area contributed by atoms with Crippen LogP contribution in [0.4, 0.5) is 5.69 Å². The largest absolute Gasteiger partial charge is 0.354 e. The third-order valence-corrected chi connectivity index (χ3v) is 2.17. The van der Waals surface area contributed by atoms with Crippen LogP contribution in [0.25, 0.3) is 0 Å². The molecule has 0 fully saturated rings. The normalized spacial score (nSPS) is 14.8. The molecule has 0 aromatic carbocycles. The van der Waals surface area contributed by atoms with E-state index >= 15 is 0 Å². The van der Waals surface area contributed by atoms with E-state index in [0.717, 1.165) is 11.3 Å². The summed E-state index contributed by atoms with van der Waals surface area (Å²) < 4.78 is 0. The number of aryl methyl sites for hydroxylation is 1. The summed E-state index contributed by atoms with van der Waals surface area (Å²) in [5.41, 5.74) is 2.90. The van der Waals surface area contributed by atoms with E-state index in [1.807, 2.05) is 13.8 Å². The predicted molar refractivity (Wildman–Crippen MR) is 43.2 cm³/mol. The second-order valence-electron chi connectivity index (χ2n) is 2.91. The van der Waals surface area contributed by atoms with Gasteiger partial charge in [0.05, 0.1) is 5.69 Å². The molecule has 12 heavy (non-hydrogen) atoms. The molecular formula is C8H8N2O2. The lowest BCUT2D eigenvalue weighted by Gasteiger charge is -1.93. The van der Waals surface area contributed by atoms with Crippen molar-refractivity contribution in [1.29, 1.82) is 0 Å². The van der Waals surface area contributed by atoms with Crippen LogP contribution < -0.4 is 5.32 Å². The number of hydrogen-bond acceptors (Lipinski definition) is 2. The Balaban J connectivity index is 2.67. The van der Waals surface area contributed by atoms with Crippen LogP contribution in [0.2, 0.25) is 0 Å². The fraction of sp³-hybridized carbons (Fsp3) is 0.250. The van der Waals surface area contributed by atoms with Gasteiger partial charge in [0.15, 0.2) is 0 Å². The Morgan fingerprint density at radius 2 is 1.83 bits per heavy atom. The quantitative estimate of drug-likeness (QED) is 0.556. The molecule has 4 heteroatoms. The van der Waals surface area contributed by atoms with Gasteiger partial charge in [-0.1, -0.05) is 0 Å². The summed E-state index contributed by atoms with van der Waals surface area (Å²) in [6, 6.07) is 0. The van der Waals surface area contributed by atoms with Gasteiger partial charge in [0.2, 0.25) is 0 Å². The van der Waals surface area contributed by atoms with Crippen LogP contribution in [0.15, 0.2) is 0 Å². The first-order valence-electron chi connectivity index (χ1n) is 3.66. The zero-order valence-electron chi connectivity index (χ0n) is 6.82. The molecule has 0 spiro atoms. The van der Waals surface area contributed by atoms with Gasteiger partial charge in [-0.25, -0.2) is 0 Å². The Labute approximate surface area is 69.0 Å². The minimum Gasteiger partial charge on any atom is -0.354 e. The molecule has 1 aliphatic rings. The molecule has 0 radical (unpaired) electrons. The number of anilines is 1. The predicted octanol–water partition coefficient (Wildman–Crippen LogP) is 0.766. The van der Waals surface area contributed by atoms with Crippen LogP contribution in [-0.2, 0) is 4.79 Å². The average Bonchev–Trinajstić information content (AvgIpc) is 2.43. The smallest absolute Gasteiger partial charge is 0.298 e. The molecule has 1 aliphatic heterocycles. The zero-order chi connectivity index (χ0) is 8.88. The third kappa shape index (κ3) is 0.664. The van der Waals surface area contributed by atoms with Gasteiger partial charge in [-0.05, 0) is 19.4 Å². The number of carbonyl (C=O) groups is 2. The Hall–Kier alpha value is -1.58. The summed E-state index contributed by atoms with van der Waals surface area (Å²) in [4.78, 5) is 24.9. The lowest BCUT2D eigenvalue weighted by atomic mass is 10.2. The highest BCUT2D eigenvalue weighted by atomic mass is 16.2. The zero-order valence-corrected chi connectivity index (χ0v) is 6.82. The van der Waals surface area contributed by atoms with E-state index in [2.05, 4.69) is 10.3 Å². The van der Waals surface area contributed by atoms with E-state index in [-0.39, 0.29) is 0 Å². The van der Waals surface area contributed by atoms with Crippen molar-refractivity contribution in [3.63, 3.8) is 0 Å². The molecule has 1 aromatic rings. The van der Waals surface area contributed by atoms with E-state index < -0.39 is 11.7 Å². The fourth-order valence-corrected chi connectivity index (χ4v) is 1.33. The van der Waals surface area contributed by atoms with Crippen molar-refractivity contribution in [2.75, 3.05) is 5.32 Å². The van der Waals surface area contributed by atoms with E-state index in [4.69, 9.17) is 0 Å². The van der Waals surface area contributed by atoms with Gasteiger partial charge in [0, 0.05) is 5.69 Å². The summed E-state index contributed by atoms with van der Waals surface area (Å²) in [5.74, 6) is -1.01. The molecule has 0 unspecified atom stereocenters. The highest BCUT2D eigenvalue weighted by Crippen LogP contribution is 2.28. The number of Topliss-reactive ketones (excluding diaryl/α,β-unsaturated/α-hetero) is 1. The Morgan fingerprint density at radius 3 is 2.42 bits per heavy atom. The van der Waals surface area contributed by atoms with E-state index in [9.17, 15) is 9.59 Å². The van der Waals surface area contributed by atoms with Crippen molar-refractivity contribution >= 4 is 17.4 Å². The number of ketones is 1. The summed E-state index contributed by atoms with van der Waals surface area (Å²) in [6.07, 6.45) is 0. The summed E-state index contributed by atoms with van der Waals surface area (Å²) in [7, 11) is 0. The van der Waals surface area contributed by atoms with Crippen LogP contribution in [0.1, 0.15) is 21.7 Å². The minimum atomic E-state index is -0.542. The summed E-state index contributed by atoms with van der Waals surface area (Å²) in [5, 5.41) is 2.52. The molecule has 0 bridgehead atoms. The Morgan fingerprint density at radius 1 is 1.17 bits per heavy atom.